The smallest absolute Gasteiger partial charge is 0.417 e. The number of aromatic amines is 1. The quantitative estimate of drug-likeness (QED) is 0.744. The molecule has 0 radical (unpaired) electrons. The number of rotatable bonds is 4. The Balaban J connectivity index is 2.57. The summed E-state index contributed by atoms with van der Waals surface area (Å²) in [4.78, 5) is 25.0. The Kier molecular flexibility index (Phi) is 2.96. The number of nitrogens with two attached hydrogens (primary N) is 1. The van der Waals surface area contributed by atoms with E-state index in [-0.39, 0.29) is 6.54 Å². The van der Waals surface area contributed by atoms with Crippen molar-refractivity contribution < 1.29 is 14.3 Å². The number of hydrogen-bond donors (Lipinski definition) is 3. The zero-order valence-corrected chi connectivity index (χ0v) is 9.90. The van der Waals surface area contributed by atoms with E-state index < -0.39 is 17.1 Å². The molecular weight excluding hydrogens is 236 g/mol. The molecule has 2 aromatic rings. The van der Waals surface area contributed by atoms with Gasteiger partial charge < -0.3 is 15.3 Å². The van der Waals surface area contributed by atoms with Crippen LogP contribution in [-0.2, 0) is 10.2 Å². The molecular formula is C12H14N2O4. The van der Waals surface area contributed by atoms with Crippen LogP contribution in [0.1, 0.15) is 18.9 Å². The Hall–Kier alpha value is -2.08. The zero-order chi connectivity index (χ0) is 13.3. The maximum Gasteiger partial charge on any atom is 0.417 e. The normalized spacial score (nSPS) is 14.6. The number of nitrogens with one attached hydrogen (secondary N) is 1. The summed E-state index contributed by atoms with van der Waals surface area (Å²) in [5, 5.41) is 9.34. The van der Waals surface area contributed by atoms with Crippen LogP contribution < -0.4 is 11.5 Å². The van der Waals surface area contributed by atoms with E-state index in [4.69, 9.17) is 10.2 Å². The number of benzene rings is 1. The third-order valence-electron chi connectivity index (χ3n) is 3.17. The molecule has 0 amide bonds. The second kappa shape index (κ2) is 4.30. The summed E-state index contributed by atoms with van der Waals surface area (Å²) in [6, 6.07) is 4.86. The van der Waals surface area contributed by atoms with Gasteiger partial charge in [-0.3, -0.25) is 9.78 Å². The number of oxazole rings is 1. The topological polar surface area (TPSA) is 109 Å². The van der Waals surface area contributed by atoms with Gasteiger partial charge in [0.15, 0.2) is 5.58 Å². The van der Waals surface area contributed by atoms with Crippen LogP contribution in [0.2, 0.25) is 0 Å². The molecule has 0 saturated carbocycles. The molecule has 0 bridgehead atoms. The summed E-state index contributed by atoms with van der Waals surface area (Å²) >= 11 is 0. The summed E-state index contributed by atoms with van der Waals surface area (Å²) < 4.78 is 4.93. The van der Waals surface area contributed by atoms with Gasteiger partial charge in [0.25, 0.3) is 0 Å². The zero-order valence-electron chi connectivity index (χ0n) is 9.90. The van der Waals surface area contributed by atoms with E-state index in [0.717, 1.165) is 0 Å². The first kappa shape index (κ1) is 12.4. The molecule has 1 aromatic heterocycles. The van der Waals surface area contributed by atoms with Gasteiger partial charge >= 0.3 is 11.7 Å². The molecule has 1 unspecified atom stereocenters. The molecule has 1 heterocycles. The van der Waals surface area contributed by atoms with E-state index >= 15 is 0 Å². The molecule has 2 rings (SSSR count). The van der Waals surface area contributed by atoms with Crippen LogP contribution in [0, 0.1) is 0 Å². The van der Waals surface area contributed by atoms with Crippen molar-refractivity contribution in [3.8, 4) is 0 Å². The van der Waals surface area contributed by atoms with Crippen molar-refractivity contribution in [3.05, 3.63) is 34.3 Å². The Morgan fingerprint density at radius 1 is 1.56 bits per heavy atom. The first-order chi connectivity index (χ1) is 8.47. The number of aromatic nitrogens is 1. The molecule has 1 atom stereocenters. The minimum Gasteiger partial charge on any atom is -0.481 e. The van der Waals surface area contributed by atoms with Crippen LogP contribution in [0.5, 0.6) is 0 Å². The lowest BCUT2D eigenvalue weighted by atomic mass is 9.79. The van der Waals surface area contributed by atoms with Gasteiger partial charge in [-0.05, 0) is 37.6 Å². The standard InChI is InChI=1S/C12H14N2O4/c1-12(4-5-13,10(15)16)7-2-3-8-9(6-7)18-11(17)14-8/h2-3,6H,4-5,13H2,1H3,(H,14,17)(H,15,16). The fourth-order valence-corrected chi connectivity index (χ4v) is 1.95. The van der Waals surface area contributed by atoms with Gasteiger partial charge in [-0.2, -0.15) is 0 Å². The first-order valence-electron chi connectivity index (χ1n) is 5.54. The lowest BCUT2D eigenvalue weighted by Gasteiger charge is -2.24. The van der Waals surface area contributed by atoms with E-state index in [9.17, 15) is 14.7 Å². The second-order valence-corrected chi connectivity index (χ2v) is 4.40. The van der Waals surface area contributed by atoms with E-state index in [2.05, 4.69) is 4.98 Å². The van der Waals surface area contributed by atoms with Gasteiger partial charge in [-0.25, -0.2) is 4.79 Å². The average Bonchev–Trinajstić information content (AvgIpc) is 2.67. The van der Waals surface area contributed by atoms with Crippen LogP contribution in [0.25, 0.3) is 11.1 Å². The lowest BCUT2D eigenvalue weighted by molar-refractivity contribution is -0.143. The molecule has 6 heteroatoms. The number of hydrogen-bond acceptors (Lipinski definition) is 4. The molecule has 96 valence electrons. The van der Waals surface area contributed by atoms with Crippen LogP contribution in [0.3, 0.4) is 0 Å². The number of carboxylic acid groups (broad SMARTS) is 1. The van der Waals surface area contributed by atoms with Crippen LogP contribution >= 0.6 is 0 Å². The van der Waals surface area contributed by atoms with Crippen molar-refractivity contribution in [2.45, 2.75) is 18.8 Å². The number of carbonyl (C=O) groups is 1. The highest BCUT2D eigenvalue weighted by atomic mass is 16.4. The number of aliphatic carboxylic acids is 1. The van der Waals surface area contributed by atoms with Gasteiger partial charge in [0, 0.05) is 0 Å². The largest absolute Gasteiger partial charge is 0.481 e. The van der Waals surface area contributed by atoms with E-state index in [1.54, 1.807) is 25.1 Å². The van der Waals surface area contributed by atoms with Crippen molar-refractivity contribution in [1.29, 1.82) is 0 Å². The van der Waals surface area contributed by atoms with Crippen LogP contribution in [0.15, 0.2) is 27.4 Å². The highest BCUT2D eigenvalue weighted by Gasteiger charge is 2.34. The Labute approximate surface area is 102 Å². The third-order valence-corrected chi connectivity index (χ3v) is 3.17. The Bertz CT molecular complexity index is 643. The predicted molar refractivity (Wildman–Crippen MR) is 65.5 cm³/mol. The number of carboxylic acids is 1. The monoisotopic (exact) mass is 250 g/mol. The molecule has 0 aliphatic heterocycles. The van der Waals surface area contributed by atoms with Crippen molar-refractivity contribution in [2.75, 3.05) is 6.54 Å². The fraction of sp³-hybridized carbons (Fsp3) is 0.333. The second-order valence-electron chi connectivity index (χ2n) is 4.40. The van der Waals surface area contributed by atoms with Crippen LogP contribution in [0.4, 0.5) is 0 Å². The number of H-pyrrole nitrogens is 1. The molecule has 0 aliphatic rings. The molecule has 18 heavy (non-hydrogen) atoms. The third kappa shape index (κ3) is 1.91. The summed E-state index contributed by atoms with van der Waals surface area (Å²) in [5.74, 6) is -1.51. The minimum atomic E-state index is -1.08. The summed E-state index contributed by atoms with van der Waals surface area (Å²) in [7, 11) is 0. The molecule has 6 nitrogen and oxygen atoms in total. The average molecular weight is 250 g/mol. The van der Waals surface area contributed by atoms with Gasteiger partial charge in [-0.1, -0.05) is 6.07 Å². The van der Waals surface area contributed by atoms with Gasteiger partial charge in [0.1, 0.15) is 0 Å². The maximum absolute atomic E-state index is 11.4. The molecule has 0 fully saturated rings. The summed E-state index contributed by atoms with van der Waals surface area (Å²) in [5.41, 5.74) is 5.84. The molecule has 0 aliphatic carbocycles. The summed E-state index contributed by atoms with van der Waals surface area (Å²) in [6.45, 7) is 1.87. The molecule has 4 N–H and O–H groups in total. The highest BCUT2D eigenvalue weighted by Crippen LogP contribution is 2.29. The molecule has 1 aromatic carbocycles. The van der Waals surface area contributed by atoms with Gasteiger partial charge in [0.2, 0.25) is 0 Å². The highest BCUT2D eigenvalue weighted by molar-refractivity contribution is 5.83. The van der Waals surface area contributed by atoms with Gasteiger partial charge in [0.05, 0.1) is 10.9 Å². The van der Waals surface area contributed by atoms with E-state index in [0.29, 0.717) is 23.1 Å². The summed E-state index contributed by atoms with van der Waals surface area (Å²) in [6.07, 6.45) is 0.308. The lowest BCUT2D eigenvalue weighted by Crippen LogP contribution is -2.34. The Morgan fingerprint density at radius 2 is 2.28 bits per heavy atom. The molecule has 0 saturated heterocycles. The fourth-order valence-electron chi connectivity index (χ4n) is 1.95. The first-order valence-corrected chi connectivity index (χ1v) is 5.54. The van der Waals surface area contributed by atoms with Crippen molar-refractivity contribution >= 4 is 17.1 Å². The minimum absolute atomic E-state index is 0.262. The van der Waals surface area contributed by atoms with E-state index in [1.807, 2.05) is 0 Å². The van der Waals surface area contributed by atoms with Crippen molar-refractivity contribution in [3.63, 3.8) is 0 Å². The van der Waals surface area contributed by atoms with Crippen molar-refractivity contribution in [2.24, 2.45) is 5.73 Å². The number of fused-ring (bicyclic) bond motifs is 1. The van der Waals surface area contributed by atoms with Crippen LogP contribution in [-0.4, -0.2) is 22.6 Å². The maximum atomic E-state index is 11.4. The SMILES string of the molecule is CC(CCN)(C(=O)O)c1ccc2[nH]c(=O)oc2c1. The van der Waals surface area contributed by atoms with Crippen molar-refractivity contribution in [1.82, 2.24) is 4.98 Å². The van der Waals surface area contributed by atoms with E-state index in [1.165, 1.54) is 0 Å². The van der Waals surface area contributed by atoms with Gasteiger partial charge in [-0.15, -0.1) is 0 Å². The predicted octanol–water partition coefficient (Wildman–Crippen LogP) is 0.812. The Morgan fingerprint density at radius 3 is 2.89 bits per heavy atom. The molecule has 0 spiro atoms.